The van der Waals surface area contributed by atoms with E-state index in [-0.39, 0.29) is 5.56 Å². The molecule has 0 bridgehead atoms. The summed E-state index contributed by atoms with van der Waals surface area (Å²) in [5.41, 5.74) is -0.446. The lowest BCUT2D eigenvalue weighted by atomic mass is 9.97. The molecule has 7 heteroatoms. The van der Waals surface area contributed by atoms with Gasteiger partial charge < -0.3 is 5.11 Å². The van der Waals surface area contributed by atoms with Gasteiger partial charge in [-0.05, 0) is 27.6 Å². The molecule has 0 amide bonds. The van der Waals surface area contributed by atoms with Crippen molar-refractivity contribution in [1.29, 1.82) is 0 Å². The second-order valence-electron chi connectivity index (χ2n) is 6.66. The molecule has 0 unspecified atom stereocenters. The van der Waals surface area contributed by atoms with Crippen LogP contribution in [0.2, 0.25) is 0 Å². The van der Waals surface area contributed by atoms with Gasteiger partial charge in [-0.2, -0.15) is 10.2 Å². The Morgan fingerprint density at radius 2 is 1.31 bits per heavy atom. The van der Waals surface area contributed by atoms with Crippen molar-refractivity contribution in [3.05, 3.63) is 86.6 Å². The lowest BCUT2D eigenvalue weighted by molar-refractivity contribution is 0.410. The molecule has 7 nitrogen and oxygen atoms in total. The number of rotatable bonds is 3. The van der Waals surface area contributed by atoms with E-state index in [1.54, 1.807) is 6.21 Å². The number of aromatic nitrogens is 2. The highest BCUT2D eigenvalue weighted by atomic mass is 16.3. The molecule has 0 atom stereocenters. The maximum atomic E-state index is 12.2. The third-order valence-electron chi connectivity index (χ3n) is 4.92. The maximum absolute atomic E-state index is 12.2. The summed E-state index contributed by atoms with van der Waals surface area (Å²) in [4.78, 5) is 24.0. The molecule has 0 aliphatic heterocycles. The Hall–Kier alpha value is -4.00. The summed E-state index contributed by atoms with van der Waals surface area (Å²) >= 11 is 0. The molecule has 0 aliphatic carbocycles. The predicted molar refractivity (Wildman–Crippen MR) is 115 cm³/mol. The van der Waals surface area contributed by atoms with Crippen LogP contribution < -0.4 is 11.2 Å². The minimum atomic E-state index is -0.639. The SMILES string of the molecule is Cn1c(O)c(/C=N/N=Cc2c3ccccc3cc3ccccc23)c(=O)n(C)c1=O. The Balaban J connectivity index is 1.81. The summed E-state index contributed by atoms with van der Waals surface area (Å²) in [5.74, 6) is -0.451. The first kappa shape index (κ1) is 18.4. The Morgan fingerprint density at radius 3 is 1.90 bits per heavy atom. The van der Waals surface area contributed by atoms with Gasteiger partial charge in [0, 0.05) is 19.7 Å². The van der Waals surface area contributed by atoms with Gasteiger partial charge >= 0.3 is 5.69 Å². The van der Waals surface area contributed by atoms with Crippen LogP contribution in [0, 0.1) is 0 Å². The van der Waals surface area contributed by atoms with Crippen molar-refractivity contribution in [2.45, 2.75) is 0 Å². The summed E-state index contributed by atoms with van der Waals surface area (Å²) in [5, 5.41) is 22.4. The second-order valence-corrected chi connectivity index (χ2v) is 6.66. The van der Waals surface area contributed by atoms with Gasteiger partial charge in [0.2, 0.25) is 5.88 Å². The van der Waals surface area contributed by atoms with E-state index in [4.69, 9.17) is 0 Å². The van der Waals surface area contributed by atoms with Gasteiger partial charge in [-0.25, -0.2) is 4.79 Å². The average Bonchev–Trinajstić information content (AvgIpc) is 2.75. The first-order valence-corrected chi connectivity index (χ1v) is 8.95. The van der Waals surface area contributed by atoms with Crippen molar-refractivity contribution in [2.24, 2.45) is 24.3 Å². The molecule has 3 aromatic carbocycles. The summed E-state index contributed by atoms with van der Waals surface area (Å²) in [6.07, 6.45) is 2.78. The molecule has 1 aromatic heterocycles. The molecule has 0 saturated carbocycles. The van der Waals surface area contributed by atoms with Gasteiger partial charge in [0.1, 0.15) is 5.56 Å². The Morgan fingerprint density at radius 1 is 0.793 bits per heavy atom. The zero-order valence-electron chi connectivity index (χ0n) is 15.9. The third-order valence-corrected chi connectivity index (χ3v) is 4.92. The lowest BCUT2D eigenvalue weighted by Gasteiger charge is -2.07. The topological polar surface area (TPSA) is 88.9 Å². The Bertz CT molecular complexity index is 1370. The number of benzene rings is 3. The minimum Gasteiger partial charge on any atom is -0.494 e. The Kier molecular flexibility index (Phi) is 4.56. The van der Waals surface area contributed by atoms with Crippen LogP contribution in [0.25, 0.3) is 21.5 Å². The molecule has 144 valence electrons. The molecule has 1 N–H and O–H groups in total. The smallest absolute Gasteiger partial charge is 0.333 e. The number of nitrogens with zero attached hydrogens (tertiary/aromatic N) is 4. The van der Waals surface area contributed by atoms with E-state index >= 15 is 0 Å². The van der Waals surface area contributed by atoms with Gasteiger partial charge in [-0.15, -0.1) is 0 Å². The molecule has 29 heavy (non-hydrogen) atoms. The zero-order valence-corrected chi connectivity index (χ0v) is 15.9. The average molecular weight is 386 g/mol. The van der Waals surface area contributed by atoms with E-state index in [2.05, 4.69) is 16.3 Å². The third kappa shape index (κ3) is 3.12. The zero-order chi connectivity index (χ0) is 20.5. The normalized spacial score (nSPS) is 11.9. The van der Waals surface area contributed by atoms with Crippen molar-refractivity contribution in [3.63, 3.8) is 0 Å². The second kappa shape index (κ2) is 7.20. The van der Waals surface area contributed by atoms with Gasteiger partial charge in [0.25, 0.3) is 5.56 Å². The van der Waals surface area contributed by atoms with Crippen LogP contribution in [0.5, 0.6) is 5.88 Å². The maximum Gasteiger partial charge on any atom is 0.333 e. The van der Waals surface area contributed by atoms with Crippen molar-refractivity contribution in [2.75, 3.05) is 0 Å². The first-order valence-electron chi connectivity index (χ1n) is 8.95. The van der Waals surface area contributed by atoms with Crippen molar-refractivity contribution in [1.82, 2.24) is 9.13 Å². The van der Waals surface area contributed by atoms with E-state index in [1.165, 1.54) is 14.1 Å². The number of hydrogen-bond donors (Lipinski definition) is 1. The first-order chi connectivity index (χ1) is 14.0. The monoisotopic (exact) mass is 386 g/mol. The summed E-state index contributed by atoms with van der Waals surface area (Å²) < 4.78 is 1.88. The van der Waals surface area contributed by atoms with E-state index in [9.17, 15) is 14.7 Å². The summed E-state index contributed by atoms with van der Waals surface area (Å²) in [6.45, 7) is 0. The molecule has 0 spiro atoms. The van der Waals surface area contributed by atoms with Gasteiger partial charge in [-0.1, -0.05) is 48.5 Å². The van der Waals surface area contributed by atoms with Gasteiger partial charge in [-0.3, -0.25) is 13.9 Å². The molecule has 0 fully saturated rings. The van der Waals surface area contributed by atoms with Crippen LogP contribution in [-0.4, -0.2) is 26.7 Å². The van der Waals surface area contributed by atoms with Crippen LogP contribution in [0.15, 0.2) is 74.4 Å². The summed E-state index contributed by atoms with van der Waals surface area (Å²) in [7, 11) is 2.72. The highest BCUT2D eigenvalue weighted by Gasteiger charge is 2.12. The van der Waals surface area contributed by atoms with E-state index in [0.29, 0.717) is 0 Å². The fourth-order valence-electron chi connectivity index (χ4n) is 3.34. The number of hydrogen-bond acceptors (Lipinski definition) is 5. The quantitative estimate of drug-likeness (QED) is 0.333. The van der Waals surface area contributed by atoms with E-state index < -0.39 is 17.1 Å². The molecule has 0 aliphatic rings. The van der Waals surface area contributed by atoms with Crippen LogP contribution in [0.3, 0.4) is 0 Å². The highest BCUT2D eigenvalue weighted by Crippen LogP contribution is 2.27. The summed E-state index contributed by atoms with van der Waals surface area (Å²) in [6, 6.07) is 18.1. The Labute approximate surface area is 165 Å². The molecule has 0 saturated heterocycles. The van der Waals surface area contributed by atoms with Crippen molar-refractivity contribution < 1.29 is 5.11 Å². The van der Waals surface area contributed by atoms with Gasteiger partial charge in [0.05, 0.1) is 12.4 Å². The molecular formula is C22H18N4O3. The van der Waals surface area contributed by atoms with E-state index in [0.717, 1.165) is 42.5 Å². The van der Waals surface area contributed by atoms with Crippen LogP contribution >= 0.6 is 0 Å². The predicted octanol–water partition coefficient (Wildman–Crippen LogP) is 2.55. The molecular weight excluding hydrogens is 368 g/mol. The number of fused-ring (bicyclic) bond motifs is 2. The fraction of sp³-hybridized carbons (Fsp3) is 0.0909. The van der Waals surface area contributed by atoms with Crippen molar-refractivity contribution >= 4 is 34.0 Å². The molecule has 0 radical (unpaired) electrons. The van der Waals surface area contributed by atoms with Crippen LogP contribution in [0.4, 0.5) is 0 Å². The molecule has 4 rings (SSSR count). The molecule has 4 aromatic rings. The van der Waals surface area contributed by atoms with Crippen LogP contribution in [-0.2, 0) is 14.1 Å². The largest absolute Gasteiger partial charge is 0.494 e. The van der Waals surface area contributed by atoms with E-state index in [1.807, 2.05) is 48.5 Å². The van der Waals surface area contributed by atoms with Gasteiger partial charge in [0.15, 0.2) is 0 Å². The van der Waals surface area contributed by atoms with Crippen molar-refractivity contribution in [3.8, 4) is 5.88 Å². The lowest BCUT2D eigenvalue weighted by Crippen LogP contribution is -2.38. The minimum absolute atomic E-state index is 0.102. The van der Waals surface area contributed by atoms with Crippen LogP contribution in [0.1, 0.15) is 11.1 Å². The highest BCUT2D eigenvalue weighted by molar-refractivity contribution is 6.13. The molecule has 1 heterocycles. The fourth-order valence-corrected chi connectivity index (χ4v) is 3.34. The number of aromatic hydroxyl groups is 1. The standard InChI is InChI=1S/C22H18N4O3/c1-25-20(27)19(21(28)26(2)22(25)29)13-24-23-12-18-16-9-5-3-7-14(16)11-15-8-4-6-10-17(15)18/h3-13,27H,1-2H3/b23-12?,24-13+.